The zero-order chi connectivity index (χ0) is 18.5. The quantitative estimate of drug-likeness (QED) is 0.762. The maximum atomic E-state index is 12.6. The molecule has 1 saturated heterocycles. The molecule has 142 valence electrons. The number of hydrogen-bond donors (Lipinski definition) is 1. The standard InChI is InChI=1S/C19H23N5O3/c1-10-11(2)27-19(21-10)14-4-3-13(14)16-22-17-15(18(25)23-16)9-20-24(17)12-5-7-26-8-6-12/h9,12-14H,3-8H2,1-2H3,(H,22,23,25)/t13-,14+/m0/s1. The minimum atomic E-state index is -0.126. The molecule has 0 spiro atoms. The predicted molar refractivity (Wildman–Crippen MR) is 97.9 cm³/mol. The van der Waals surface area contributed by atoms with Crippen molar-refractivity contribution in [2.75, 3.05) is 13.2 Å². The molecule has 1 N–H and O–H groups in total. The van der Waals surface area contributed by atoms with E-state index in [0.717, 1.165) is 56.2 Å². The first-order valence-corrected chi connectivity index (χ1v) is 9.61. The molecular formula is C19H23N5O3. The summed E-state index contributed by atoms with van der Waals surface area (Å²) in [6.45, 7) is 5.32. The van der Waals surface area contributed by atoms with Gasteiger partial charge in [0.05, 0.1) is 17.9 Å². The first-order valence-electron chi connectivity index (χ1n) is 9.61. The van der Waals surface area contributed by atoms with Crippen molar-refractivity contribution in [2.45, 2.75) is 57.4 Å². The Morgan fingerprint density at radius 2 is 1.89 bits per heavy atom. The van der Waals surface area contributed by atoms with Crippen LogP contribution in [0.25, 0.3) is 11.0 Å². The van der Waals surface area contributed by atoms with Gasteiger partial charge in [-0.3, -0.25) is 4.79 Å². The van der Waals surface area contributed by atoms with Crippen LogP contribution < -0.4 is 5.56 Å². The summed E-state index contributed by atoms with van der Waals surface area (Å²) in [5, 5.41) is 5.01. The molecule has 4 heterocycles. The molecule has 0 amide bonds. The number of fused-ring (bicyclic) bond motifs is 1. The summed E-state index contributed by atoms with van der Waals surface area (Å²) >= 11 is 0. The van der Waals surface area contributed by atoms with E-state index >= 15 is 0 Å². The molecule has 27 heavy (non-hydrogen) atoms. The van der Waals surface area contributed by atoms with Crippen molar-refractivity contribution in [1.82, 2.24) is 24.7 Å². The van der Waals surface area contributed by atoms with Gasteiger partial charge in [0.2, 0.25) is 0 Å². The van der Waals surface area contributed by atoms with Crippen LogP contribution in [0.5, 0.6) is 0 Å². The smallest absolute Gasteiger partial charge is 0.262 e. The Labute approximate surface area is 156 Å². The normalized spacial score (nSPS) is 23.6. The third-order valence-electron chi connectivity index (χ3n) is 6.01. The Morgan fingerprint density at radius 1 is 1.11 bits per heavy atom. The van der Waals surface area contributed by atoms with Gasteiger partial charge in [0.25, 0.3) is 5.56 Å². The first-order chi connectivity index (χ1) is 13.1. The van der Waals surface area contributed by atoms with Crippen LogP contribution in [-0.4, -0.2) is 37.9 Å². The molecule has 1 aliphatic heterocycles. The van der Waals surface area contributed by atoms with E-state index in [0.29, 0.717) is 16.9 Å². The van der Waals surface area contributed by atoms with Gasteiger partial charge in [-0.2, -0.15) is 5.10 Å². The van der Waals surface area contributed by atoms with E-state index in [-0.39, 0.29) is 23.4 Å². The number of nitrogens with one attached hydrogen (secondary N) is 1. The second-order valence-electron chi connectivity index (χ2n) is 7.61. The summed E-state index contributed by atoms with van der Waals surface area (Å²) in [5.41, 5.74) is 1.47. The molecule has 0 bridgehead atoms. The molecule has 1 saturated carbocycles. The summed E-state index contributed by atoms with van der Waals surface area (Å²) < 4.78 is 13.2. The lowest BCUT2D eigenvalue weighted by Crippen LogP contribution is -2.27. The minimum absolute atomic E-state index is 0.123. The molecule has 8 nitrogen and oxygen atoms in total. The van der Waals surface area contributed by atoms with E-state index in [1.807, 2.05) is 18.5 Å². The highest BCUT2D eigenvalue weighted by atomic mass is 16.5. The fraction of sp³-hybridized carbons (Fsp3) is 0.579. The number of oxazole rings is 1. The van der Waals surface area contributed by atoms with Crippen LogP contribution in [-0.2, 0) is 4.74 Å². The van der Waals surface area contributed by atoms with E-state index in [4.69, 9.17) is 14.1 Å². The van der Waals surface area contributed by atoms with Gasteiger partial charge in [-0.05, 0) is 39.5 Å². The number of aromatic nitrogens is 5. The van der Waals surface area contributed by atoms with Crippen LogP contribution in [0.3, 0.4) is 0 Å². The summed E-state index contributed by atoms with van der Waals surface area (Å²) in [5.74, 6) is 2.60. The monoisotopic (exact) mass is 369 g/mol. The van der Waals surface area contributed by atoms with Gasteiger partial charge in [-0.1, -0.05) is 0 Å². The number of aryl methyl sites for hydroxylation is 2. The van der Waals surface area contributed by atoms with Crippen LogP contribution in [0.1, 0.15) is 66.7 Å². The third kappa shape index (κ3) is 2.70. The van der Waals surface area contributed by atoms with Crippen LogP contribution in [0.2, 0.25) is 0 Å². The molecule has 0 unspecified atom stereocenters. The molecule has 0 radical (unpaired) electrons. The van der Waals surface area contributed by atoms with E-state index in [1.165, 1.54) is 0 Å². The molecule has 5 rings (SSSR count). The minimum Gasteiger partial charge on any atom is -0.445 e. The number of H-pyrrole nitrogens is 1. The Hall–Kier alpha value is -2.48. The Balaban J connectivity index is 1.52. The number of nitrogens with zero attached hydrogens (tertiary/aromatic N) is 4. The molecule has 0 aromatic carbocycles. The highest BCUT2D eigenvalue weighted by molar-refractivity contribution is 5.73. The van der Waals surface area contributed by atoms with Gasteiger partial charge in [-0.25, -0.2) is 14.6 Å². The van der Waals surface area contributed by atoms with Crippen molar-refractivity contribution in [3.63, 3.8) is 0 Å². The predicted octanol–water partition coefficient (Wildman–Crippen LogP) is 2.74. The average Bonchev–Trinajstić information content (AvgIpc) is 3.19. The highest BCUT2D eigenvalue weighted by Crippen LogP contribution is 2.47. The lowest BCUT2D eigenvalue weighted by atomic mass is 9.73. The zero-order valence-corrected chi connectivity index (χ0v) is 15.6. The molecule has 3 aromatic rings. The van der Waals surface area contributed by atoms with Crippen molar-refractivity contribution in [3.05, 3.63) is 39.7 Å². The highest BCUT2D eigenvalue weighted by Gasteiger charge is 2.39. The molecule has 3 aromatic heterocycles. The van der Waals surface area contributed by atoms with E-state index in [9.17, 15) is 4.79 Å². The summed E-state index contributed by atoms with van der Waals surface area (Å²) in [6.07, 6.45) is 5.36. The van der Waals surface area contributed by atoms with Gasteiger partial charge < -0.3 is 14.1 Å². The lowest BCUT2D eigenvalue weighted by Gasteiger charge is -2.33. The van der Waals surface area contributed by atoms with Gasteiger partial charge >= 0.3 is 0 Å². The number of hydrogen-bond acceptors (Lipinski definition) is 6. The van der Waals surface area contributed by atoms with Crippen molar-refractivity contribution in [1.29, 1.82) is 0 Å². The molecule has 2 atom stereocenters. The summed E-state index contributed by atoms with van der Waals surface area (Å²) in [4.78, 5) is 25.0. The average molecular weight is 369 g/mol. The van der Waals surface area contributed by atoms with Crippen molar-refractivity contribution in [3.8, 4) is 0 Å². The number of ether oxygens (including phenoxy) is 1. The molecule has 8 heteroatoms. The maximum Gasteiger partial charge on any atom is 0.262 e. The van der Waals surface area contributed by atoms with E-state index in [2.05, 4.69) is 15.1 Å². The van der Waals surface area contributed by atoms with Crippen molar-refractivity contribution < 1.29 is 9.15 Å². The first kappa shape index (κ1) is 16.7. The Morgan fingerprint density at radius 3 is 2.56 bits per heavy atom. The molecule has 1 aliphatic carbocycles. The van der Waals surface area contributed by atoms with Crippen LogP contribution >= 0.6 is 0 Å². The number of rotatable bonds is 3. The van der Waals surface area contributed by atoms with Crippen LogP contribution in [0.4, 0.5) is 0 Å². The third-order valence-corrected chi connectivity index (χ3v) is 6.01. The van der Waals surface area contributed by atoms with Crippen LogP contribution in [0.15, 0.2) is 15.4 Å². The summed E-state index contributed by atoms with van der Waals surface area (Å²) in [7, 11) is 0. The molecule has 2 fully saturated rings. The zero-order valence-electron chi connectivity index (χ0n) is 15.6. The van der Waals surface area contributed by atoms with E-state index < -0.39 is 0 Å². The van der Waals surface area contributed by atoms with Gasteiger partial charge in [0.15, 0.2) is 11.5 Å². The van der Waals surface area contributed by atoms with Crippen LogP contribution in [0, 0.1) is 13.8 Å². The van der Waals surface area contributed by atoms with Gasteiger partial charge in [-0.15, -0.1) is 0 Å². The van der Waals surface area contributed by atoms with E-state index in [1.54, 1.807) is 6.20 Å². The largest absolute Gasteiger partial charge is 0.445 e. The summed E-state index contributed by atoms with van der Waals surface area (Å²) in [6, 6.07) is 0.229. The Kier molecular flexibility index (Phi) is 3.89. The van der Waals surface area contributed by atoms with Gasteiger partial charge in [0, 0.05) is 25.0 Å². The van der Waals surface area contributed by atoms with Crippen molar-refractivity contribution >= 4 is 11.0 Å². The maximum absolute atomic E-state index is 12.6. The van der Waals surface area contributed by atoms with Crippen molar-refractivity contribution in [2.24, 2.45) is 0 Å². The van der Waals surface area contributed by atoms with Gasteiger partial charge in [0.1, 0.15) is 17.0 Å². The number of aromatic amines is 1. The lowest BCUT2D eigenvalue weighted by molar-refractivity contribution is 0.0673. The topological polar surface area (TPSA) is 98.8 Å². The molecular weight excluding hydrogens is 346 g/mol. The SMILES string of the molecule is Cc1nc([C@@H]2CC[C@@H]2c2nc3c(cnn3C3CCOCC3)c(=O)[nH]2)oc1C. The molecule has 2 aliphatic rings. The second-order valence-corrected chi connectivity index (χ2v) is 7.61. The second kappa shape index (κ2) is 6.30. The fourth-order valence-electron chi connectivity index (χ4n) is 4.10. The fourth-order valence-corrected chi connectivity index (χ4v) is 4.10. The Bertz CT molecular complexity index is 1020.